The molecular weight excluding hydrogens is 316 g/mol. The van der Waals surface area contributed by atoms with Crippen LogP contribution in [-0.4, -0.2) is 36.1 Å². The smallest absolute Gasteiger partial charge is 0.270 e. The standard InChI is InChI=1S/C18H24N6O/c1-12-8-16-20-14(9-13(2)24(16)22-12)17(25)21-15(18(3,4)5)10-23-7-6-19-11-23/h6-9,11,15H,10H2,1-5H3,(H,21,25)/t15-/m1/s1. The third-order valence-electron chi connectivity index (χ3n) is 4.26. The number of fused-ring (bicyclic) bond motifs is 1. The lowest BCUT2D eigenvalue weighted by molar-refractivity contribution is 0.0887. The third kappa shape index (κ3) is 3.70. The van der Waals surface area contributed by atoms with E-state index in [0.717, 1.165) is 11.4 Å². The van der Waals surface area contributed by atoms with Crippen LogP contribution in [0.4, 0.5) is 0 Å². The van der Waals surface area contributed by atoms with Crippen molar-refractivity contribution >= 4 is 11.6 Å². The van der Waals surface area contributed by atoms with E-state index in [1.807, 2.05) is 30.7 Å². The van der Waals surface area contributed by atoms with Crippen molar-refractivity contribution in [1.29, 1.82) is 0 Å². The average molecular weight is 340 g/mol. The lowest BCUT2D eigenvalue weighted by atomic mass is 9.86. The van der Waals surface area contributed by atoms with E-state index in [4.69, 9.17) is 0 Å². The molecule has 3 rings (SSSR count). The highest BCUT2D eigenvalue weighted by atomic mass is 16.2. The fourth-order valence-corrected chi connectivity index (χ4v) is 2.73. The molecule has 132 valence electrons. The lowest BCUT2D eigenvalue weighted by Gasteiger charge is -2.31. The molecule has 0 radical (unpaired) electrons. The van der Waals surface area contributed by atoms with Crippen molar-refractivity contribution in [2.24, 2.45) is 5.41 Å². The largest absolute Gasteiger partial charge is 0.346 e. The van der Waals surface area contributed by atoms with Gasteiger partial charge in [-0.1, -0.05) is 20.8 Å². The second kappa shape index (κ2) is 6.31. The molecule has 0 bridgehead atoms. The molecule has 0 saturated heterocycles. The second-order valence-corrected chi connectivity index (χ2v) is 7.49. The molecule has 3 heterocycles. The number of hydrogen-bond acceptors (Lipinski definition) is 4. The summed E-state index contributed by atoms with van der Waals surface area (Å²) in [6, 6.07) is 3.58. The summed E-state index contributed by atoms with van der Waals surface area (Å²) in [5.41, 5.74) is 2.74. The fraction of sp³-hybridized carbons (Fsp3) is 0.444. The maximum atomic E-state index is 12.8. The maximum Gasteiger partial charge on any atom is 0.270 e. The number of aryl methyl sites for hydroxylation is 2. The Morgan fingerprint density at radius 1 is 1.28 bits per heavy atom. The van der Waals surface area contributed by atoms with Gasteiger partial charge in [0.2, 0.25) is 0 Å². The quantitative estimate of drug-likeness (QED) is 0.791. The van der Waals surface area contributed by atoms with Crippen molar-refractivity contribution in [3.63, 3.8) is 0 Å². The van der Waals surface area contributed by atoms with Gasteiger partial charge in [-0.3, -0.25) is 4.79 Å². The minimum absolute atomic E-state index is 0.0563. The molecule has 7 heteroatoms. The number of carbonyl (C=O) groups is 1. The Kier molecular flexibility index (Phi) is 4.32. The van der Waals surface area contributed by atoms with E-state index in [9.17, 15) is 4.79 Å². The number of amides is 1. The van der Waals surface area contributed by atoms with Crippen molar-refractivity contribution in [3.8, 4) is 0 Å². The van der Waals surface area contributed by atoms with Crippen LogP contribution in [0.15, 0.2) is 30.9 Å². The Hall–Kier alpha value is -2.70. The molecule has 0 unspecified atom stereocenters. The molecule has 0 aliphatic heterocycles. The number of nitrogens with zero attached hydrogens (tertiary/aromatic N) is 5. The summed E-state index contributed by atoms with van der Waals surface area (Å²) in [6.07, 6.45) is 5.39. The van der Waals surface area contributed by atoms with Gasteiger partial charge in [0.1, 0.15) is 5.69 Å². The van der Waals surface area contributed by atoms with Crippen LogP contribution in [0.1, 0.15) is 42.6 Å². The monoisotopic (exact) mass is 340 g/mol. The van der Waals surface area contributed by atoms with E-state index < -0.39 is 0 Å². The van der Waals surface area contributed by atoms with Crippen LogP contribution in [-0.2, 0) is 6.54 Å². The van der Waals surface area contributed by atoms with Gasteiger partial charge in [0, 0.05) is 30.7 Å². The first-order chi connectivity index (χ1) is 11.7. The molecule has 7 nitrogen and oxygen atoms in total. The lowest BCUT2D eigenvalue weighted by Crippen LogP contribution is -2.46. The Balaban J connectivity index is 1.85. The van der Waals surface area contributed by atoms with E-state index in [1.54, 1.807) is 23.1 Å². The summed E-state index contributed by atoms with van der Waals surface area (Å²) in [6.45, 7) is 10.8. The third-order valence-corrected chi connectivity index (χ3v) is 4.26. The Bertz CT molecular complexity index is 888. The molecule has 0 aliphatic carbocycles. The van der Waals surface area contributed by atoms with E-state index in [0.29, 0.717) is 17.9 Å². The van der Waals surface area contributed by atoms with Crippen LogP contribution in [0.25, 0.3) is 5.65 Å². The van der Waals surface area contributed by atoms with Crippen LogP contribution in [0.2, 0.25) is 0 Å². The molecule has 1 amide bonds. The Morgan fingerprint density at radius 3 is 2.68 bits per heavy atom. The molecule has 0 fully saturated rings. The van der Waals surface area contributed by atoms with Gasteiger partial charge in [-0.05, 0) is 25.3 Å². The number of nitrogens with one attached hydrogen (secondary N) is 1. The molecule has 0 saturated carbocycles. The van der Waals surface area contributed by atoms with Crippen LogP contribution < -0.4 is 5.32 Å². The van der Waals surface area contributed by atoms with Crippen LogP contribution in [0, 0.1) is 19.3 Å². The Labute approximate surface area is 147 Å². The normalized spacial score (nSPS) is 13.2. The SMILES string of the molecule is Cc1cc2nc(C(=O)N[C@H](Cn3ccnc3)C(C)(C)C)cc(C)n2n1. The second-order valence-electron chi connectivity index (χ2n) is 7.49. The molecule has 0 aliphatic rings. The number of carbonyl (C=O) groups excluding carboxylic acids is 1. The summed E-state index contributed by atoms with van der Waals surface area (Å²) in [7, 11) is 0. The highest BCUT2D eigenvalue weighted by molar-refractivity contribution is 5.93. The summed E-state index contributed by atoms with van der Waals surface area (Å²) in [5.74, 6) is -0.176. The first-order valence-electron chi connectivity index (χ1n) is 8.34. The topological polar surface area (TPSA) is 77.1 Å². The van der Waals surface area contributed by atoms with E-state index >= 15 is 0 Å². The van der Waals surface area contributed by atoms with Crippen molar-refractivity contribution in [1.82, 2.24) is 29.5 Å². The van der Waals surface area contributed by atoms with Crippen LogP contribution in [0.3, 0.4) is 0 Å². The van der Waals surface area contributed by atoms with Crippen LogP contribution >= 0.6 is 0 Å². The van der Waals surface area contributed by atoms with Gasteiger partial charge < -0.3 is 9.88 Å². The van der Waals surface area contributed by atoms with Crippen molar-refractivity contribution in [3.05, 3.63) is 47.9 Å². The Morgan fingerprint density at radius 2 is 2.04 bits per heavy atom. The summed E-state index contributed by atoms with van der Waals surface area (Å²) >= 11 is 0. The van der Waals surface area contributed by atoms with E-state index in [2.05, 4.69) is 41.2 Å². The molecule has 25 heavy (non-hydrogen) atoms. The van der Waals surface area contributed by atoms with E-state index in [-0.39, 0.29) is 17.4 Å². The minimum Gasteiger partial charge on any atom is -0.346 e. The highest BCUT2D eigenvalue weighted by Gasteiger charge is 2.27. The maximum absolute atomic E-state index is 12.8. The number of aromatic nitrogens is 5. The molecule has 0 aromatic carbocycles. The first kappa shape index (κ1) is 17.1. The number of imidazole rings is 1. The molecular formula is C18H24N6O. The predicted octanol–water partition coefficient (Wildman–Crippen LogP) is 2.39. The number of hydrogen-bond donors (Lipinski definition) is 1. The minimum atomic E-state index is -0.176. The molecule has 0 spiro atoms. The van der Waals surface area contributed by atoms with Gasteiger partial charge in [0.15, 0.2) is 5.65 Å². The van der Waals surface area contributed by atoms with Crippen LogP contribution in [0.5, 0.6) is 0 Å². The zero-order valence-electron chi connectivity index (χ0n) is 15.3. The van der Waals surface area contributed by atoms with Crippen molar-refractivity contribution < 1.29 is 4.79 Å². The average Bonchev–Trinajstić information content (AvgIpc) is 3.14. The van der Waals surface area contributed by atoms with Crippen molar-refractivity contribution in [2.45, 2.75) is 47.2 Å². The summed E-state index contributed by atoms with van der Waals surface area (Å²) < 4.78 is 3.72. The highest BCUT2D eigenvalue weighted by Crippen LogP contribution is 2.21. The molecule has 3 aromatic heterocycles. The first-order valence-corrected chi connectivity index (χ1v) is 8.34. The summed E-state index contributed by atoms with van der Waals surface area (Å²) in [5, 5.41) is 7.51. The predicted molar refractivity (Wildman–Crippen MR) is 95.4 cm³/mol. The zero-order chi connectivity index (χ0) is 18.2. The molecule has 1 atom stereocenters. The van der Waals surface area contributed by atoms with Gasteiger partial charge in [0.25, 0.3) is 5.91 Å². The zero-order valence-corrected chi connectivity index (χ0v) is 15.3. The molecule has 1 N–H and O–H groups in total. The van der Waals surface area contributed by atoms with E-state index in [1.165, 1.54) is 0 Å². The summed E-state index contributed by atoms with van der Waals surface area (Å²) in [4.78, 5) is 21.3. The fourth-order valence-electron chi connectivity index (χ4n) is 2.73. The van der Waals surface area contributed by atoms with Gasteiger partial charge in [-0.15, -0.1) is 0 Å². The number of rotatable bonds is 4. The van der Waals surface area contributed by atoms with Gasteiger partial charge in [-0.25, -0.2) is 14.5 Å². The molecule has 3 aromatic rings. The van der Waals surface area contributed by atoms with Crippen molar-refractivity contribution in [2.75, 3.05) is 0 Å². The van der Waals surface area contributed by atoms with Gasteiger partial charge in [-0.2, -0.15) is 5.10 Å². The van der Waals surface area contributed by atoms with Gasteiger partial charge >= 0.3 is 0 Å². The van der Waals surface area contributed by atoms with Gasteiger partial charge in [0.05, 0.1) is 18.1 Å².